The Morgan fingerprint density at radius 3 is 2.12 bits per heavy atom. The summed E-state index contributed by atoms with van der Waals surface area (Å²) in [6.45, 7) is 5.73. The van der Waals surface area contributed by atoms with Crippen molar-refractivity contribution in [2.75, 3.05) is 20.3 Å². The Morgan fingerprint density at radius 2 is 1.60 bits per heavy atom. The molecule has 0 radical (unpaired) electrons. The first-order valence-corrected chi connectivity index (χ1v) is 16.5. The number of hydrogen-bond donors (Lipinski definition) is 4. The van der Waals surface area contributed by atoms with Gasteiger partial charge >= 0.3 is 5.97 Å². The number of carbonyl (C=O) groups is 1. The smallest absolute Gasteiger partial charge is 0.331 e. The number of carbonyl (C=O) groups excluding carboxylic acids is 1. The highest BCUT2D eigenvalue weighted by Crippen LogP contribution is 2.40. The van der Waals surface area contributed by atoms with Crippen LogP contribution in [0.3, 0.4) is 0 Å². The predicted octanol–water partition coefficient (Wildman–Crippen LogP) is 0.792. The SMILES string of the molecule is COC(=O)CO[C@@H]1C(N)[C@H](OC2CCC[C@H](N)[C@H]2O[Si](c2ccccc2)(c2ccccc2)C(C)(C)C)OC(CO)[C@H]1O. The van der Waals surface area contributed by atoms with Crippen LogP contribution < -0.4 is 21.8 Å². The van der Waals surface area contributed by atoms with Gasteiger partial charge in [0.25, 0.3) is 8.32 Å². The third kappa shape index (κ3) is 6.80. The highest BCUT2D eigenvalue weighted by atomic mass is 28.4. The molecule has 2 aromatic carbocycles. The van der Waals surface area contributed by atoms with E-state index in [0.29, 0.717) is 6.42 Å². The summed E-state index contributed by atoms with van der Waals surface area (Å²) in [6.07, 6.45) is -3.10. The minimum Gasteiger partial charge on any atom is -0.467 e. The number of rotatable bonds is 10. The normalized spacial score (nSPS) is 30.6. The number of hydrogen-bond acceptors (Lipinski definition) is 10. The van der Waals surface area contributed by atoms with Crippen LogP contribution >= 0.6 is 0 Å². The molecule has 1 heterocycles. The quantitative estimate of drug-likeness (QED) is 0.227. The first kappa shape index (κ1) is 32.7. The highest BCUT2D eigenvalue weighted by molar-refractivity contribution is 6.99. The lowest BCUT2D eigenvalue weighted by molar-refractivity contribution is -0.292. The average molecular weight is 603 g/mol. The van der Waals surface area contributed by atoms with Gasteiger partial charge in [-0.3, -0.25) is 0 Å². The molecule has 1 aliphatic heterocycles. The molecule has 0 bridgehead atoms. The van der Waals surface area contributed by atoms with E-state index < -0.39 is 70.4 Å². The summed E-state index contributed by atoms with van der Waals surface area (Å²) in [5.41, 5.74) is 13.3. The molecule has 0 spiro atoms. The van der Waals surface area contributed by atoms with E-state index in [-0.39, 0.29) is 11.1 Å². The van der Waals surface area contributed by atoms with Crippen molar-refractivity contribution in [2.45, 2.75) is 94.0 Å². The molecule has 2 aliphatic rings. The van der Waals surface area contributed by atoms with Gasteiger partial charge in [0.15, 0.2) is 6.29 Å². The molecule has 2 fully saturated rings. The monoisotopic (exact) mass is 602 g/mol. The molecule has 0 amide bonds. The van der Waals surface area contributed by atoms with Crippen molar-refractivity contribution in [1.82, 2.24) is 0 Å². The Kier molecular flexibility index (Phi) is 11.0. The lowest BCUT2D eigenvalue weighted by Gasteiger charge is -2.50. The summed E-state index contributed by atoms with van der Waals surface area (Å²) in [5, 5.41) is 22.7. The topological polar surface area (TPSA) is 156 Å². The number of aliphatic hydroxyl groups is 2. The third-order valence-electron chi connectivity index (χ3n) is 8.37. The summed E-state index contributed by atoms with van der Waals surface area (Å²) in [5.74, 6) is -0.615. The molecule has 0 aromatic heterocycles. The first-order valence-electron chi connectivity index (χ1n) is 14.6. The summed E-state index contributed by atoms with van der Waals surface area (Å²) < 4.78 is 30.2. The Morgan fingerprint density at radius 1 is 1.00 bits per heavy atom. The second-order valence-corrected chi connectivity index (χ2v) is 16.4. The molecule has 1 aliphatic carbocycles. The van der Waals surface area contributed by atoms with Crippen LogP contribution in [0.5, 0.6) is 0 Å². The maximum Gasteiger partial charge on any atom is 0.331 e. The fraction of sp³-hybridized carbons (Fsp3) is 0.581. The largest absolute Gasteiger partial charge is 0.467 e. The zero-order valence-corrected chi connectivity index (χ0v) is 25.9. The van der Waals surface area contributed by atoms with Gasteiger partial charge in [-0.15, -0.1) is 0 Å². The van der Waals surface area contributed by atoms with Gasteiger partial charge in [-0.25, -0.2) is 4.79 Å². The summed E-state index contributed by atoms with van der Waals surface area (Å²) in [6, 6.07) is 19.4. The molecule has 4 rings (SSSR count). The van der Waals surface area contributed by atoms with E-state index in [1.165, 1.54) is 7.11 Å². The van der Waals surface area contributed by atoms with E-state index in [4.69, 9.17) is 30.1 Å². The molecule has 2 aromatic rings. The van der Waals surface area contributed by atoms with E-state index in [2.05, 4.69) is 49.8 Å². The van der Waals surface area contributed by atoms with Crippen LogP contribution in [-0.4, -0.2) is 93.7 Å². The molecule has 1 saturated carbocycles. The molecular formula is C31H46N2O8Si. The zero-order valence-electron chi connectivity index (χ0n) is 24.9. The summed E-state index contributed by atoms with van der Waals surface area (Å²) >= 11 is 0. The third-order valence-corrected chi connectivity index (χ3v) is 13.4. The Hall–Kier alpha value is -2.19. The molecule has 3 unspecified atom stereocenters. The standard InChI is InChI=1S/C31H46N2O8Si/c1-31(2,3)42(20-12-7-5-8-13-20,21-14-9-6-10-15-21)41-28-22(32)16-11-17-23(28)39-30-26(33)29(38-19-25(35)37-4)27(36)24(18-34)40-30/h5-10,12-15,22-24,26-30,34,36H,11,16-19,32-33H2,1-4H3/t22-,23?,24?,26?,27+,28+,29+,30+/m0/s1. The van der Waals surface area contributed by atoms with E-state index >= 15 is 0 Å². The van der Waals surface area contributed by atoms with E-state index in [9.17, 15) is 15.0 Å². The number of esters is 1. The number of aliphatic hydroxyl groups excluding tert-OH is 2. The molecule has 1 saturated heterocycles. The van der Waals surface area contributed by atoms with Gasteiger partial charge in [-0.05, 0) is 34.7 Å². The van der Waals surface area contributed by atoms with Crippen molar-refractivity contribution < 1.29 is 38.4 Å². The number of nitrogens with two attached hydrogens (primary N) is 2. The van der Waals surface area contributed by atoms with Crippen molar-refractivity contribution in [1.29, 1.82) is 0 Å². The van der Waals surface area contributed by atoms with Crippen LogP contribution in [0.4, 0.5) is 0 Å². The van der Waals surface area contributed by atoms with Crippen molar-refractivity contribution in [2.24, 2.45) is 11.5 Å². The second-order valence-electron chi connectivity index (χ2n) is 12.2. The van der Waals surface area contributed by atoms with Gasteiger partial charge in [0.1, 0.15) is 24.9 Å². The van der Waals surface area contributed by atoms with Gasteiger partial charge < -0.3 is 45.1 Å². The van der Waals surface area contributed by atoms with Crippen molar-refractivity contribution in [3.63, 3.8) is 0 Å². The number of ether oxygens (including phenoxy) is 4. The fourth-order valence-electron chi connectivity index (χ4n) is 6.18. The summed E-state index contributed by atoms with van der Waals surface area (Å²) in [7, 11) is -1.72. The van der Waals surface area contributed by atoms with E-state index in [1.807, 2.05) is 36.4 Å². The van der Waals surface area contributed by atoms with E-state index in [1.54, 1.807) is 0 Å². The Balaban J connectivity index is 1.68. The Bertz CT molecular complexity index is 1100. The molecule has 6 N–H and O–H groups in total. The lowest BCUT2D eigenvalue weighted by atomic mass is 9.90. The molecular weight excluding hydrogens is 556 g/mol. The van der Waals surface area contributed by atoms with Crippen molar-refractivity contribution >= 4 is 24.7 Å². The maximum atomic E-state index is 11.7. The maximum absolute atomic E-state index is 11.7. The fourth-order valence-corrected chi connectivity index (χ4v) is 10.9. The molecule has 232 valence electrons. The molecule has 8 atom stereocenters. The summed E-state index contributed by atoms with van der Waals surface area (Å²) in [4.78, 5) is 11.7. The van der Waals surface area contributed by atoms with Crippen molar-refractivity contribution in [3.8, 4) is 0 Å². The first-order chi connectivity index (χ1) is 20.0. The number of benzene rings is 2. The van der Waals surface area contributed by atoms with Crippen LogP contribution in [0, 0.1) is 0 Å². The Labute approximate surface area is 249 Å². The zero-order chi connectivity index (χ0) is 30.5. The second kappa shape index (κ2) is 14.1. The minimum atomic E-state index is -2.97. The van der Waals surface area contributed by atoms with E-state index in [0.717, 1.165) is 23.2 Å². The molecule has 11 heteroatoms. The van der Waals surface area contributed by atoms with Crippen LogP contribution in [0.25, 0.3) is 0 Å². The van der Waals surface area contributed by atoms with Crippen LogP contribution in [0.2, 0.25) is 5.04 Å². The predicted molar refractivity (Wildman–Crippen MR) is 161 cm³/mol. The number of methoxy groups -OCH3 is 1. The van der Waals surface area contributed by atoms with Crippen LogP contribution in [-0.2, 0) is 28.2 Å². The molecule has 10 nitrogen and oxygen atoms in total. The van der Waals surface area contributed by atoms with Crippen molar-refractivity contribution in [3.05, 3.63) is 60.7 Å². The van der Waals surface area contributed by atoms with Crippen LogP contribution in [0.1, 0.15) is 40.0 Å². The van der Waals surface area contributed by atoms with Gasteiger partial charge in [-0.2, -0.15) is 0 Å². The van der Waals surface area contributed by atoms with Gasteiger partial charge in [0.2, 0.25) is 0 Å². The van der Waals surface area contributed by atoms with Crippen LogP contribution in [0.15, 0.2) is 60.7 Å². The molecule has 42 heavy (non-hydrogen) atoms. The van der Waals surface area contributed by atoms with Gasteiger partial charge in [0.05, 0.1) is 32.0 Å². The van der Waals surface area contributed by atoms with Gasteiger partial charge in [0, 0.05) is 6.04 Å². The lowest BCUT2D eigenvalue weighted by Crippen LogP contribution is -2.71. The minimum absolute atomic E-state index is 0.270. The highest BCUT2D eigenvalue weighted by Gasteiger charge is 2.54. The average Bonchev–Trinajstić information content (AvgIpc) is 2.98. The van der Waals surface area contributed by atoms with Gasteiger partial charge in [-0.1, -0.05) is 81.4 Å².